The number of aryl methyl sites for hydroxylation is 1. The van der Waals surface area contributed by atoms with E-state index in [9.17, 15) is 13.2 Å². The van der Waals surface area contributed by atoms with Crippen molar-refractivity contribution in [3.05, 3.63) is 45.6 Å². The van der Waals surface area contributed by atoms with E-state index in [1.165, 1.54) is 50.7 Å². The van der Waals surface area contributed by atoms with Gasteiger partial charge in [0.25, 0.3) is 5.91 Å². The van der Waals surface area contributed by atoms with Crippen molar-refractivity contribution in [2.24, 2.45) is 0 Å². The Hall–Kier alpha value is -2.27. The highest BCUT2D eigenvalue weighted by Crippen LogP contribution is 2.32. The van der Waals surface area contributed by atoms with Crippen molar-refractivity contribution in [3.63, 3.8) is 0 Å². The van der Waals surface area contributed by atoms with Gasteiger partial charge in [-0.25, -0.2) is 17.7 Å². The van der Waals surface area contributed by atoms with Crippen LogP contribution in [0.3, 0.4) is 0 Å². The fourth-order valence-corrected chi connectivity index (χ4v) is 5.05. The molecule has 1 N–H and O–H groups in total. The molecule has 2 aromatic heterocycles. The fraction of sp³-hybridized carbons (Fsp3) is 0.222. The van der Waals surface area contributed by atoms with Crippen molar-refractivity contribution >= 4 is 44.3 Å². The minimum atomic E-state index is -3.64. The van der Waals surface area contributed by atoms with Crippen LogP contribution in [0.4, 0.5) is 5.69 Å². The molecule has 148 valence electrons. The van der Waals surface area contributed by atoms with Crippen LogP contribution in [0.1, 0.15) is 15.4 Å². The van der Waals surface area contributed by atoms with Crippen LogP contribution in [-0.4, -0.2) is 44.8 Å². The normalized spacial score (nSPS) is 11.6. The Morgan fingerprint density at radius 3 is 2.61 bits per heavy atom. The third kappa shape index (κ3) is 3.95. The van der Waals surface area contributed by atoms with Crippen molar-refractivity contribution in [3.8, 4) is 16.3 Å². The van der Waals surface area contributed by atoms with Gasteiger partial charge in [-0.1, -0.05) is 0 Å². The highest BCUT2D eigenvalue weighted by molar-refractivity contribution is 7.89. The first-order chi connectivity index (χ1) is 13.2. The summed E-state index contributed by atoms with van der Waals surface area (Å²) in [5.41, 5.74) is 1.86. The molecule has 10 heteroatoms. The highest BCUT2D eigenvalue weighted by Gasteiger charge is 2.22. The molecule has 7 nitrogen and oxygen atoms in total. The number of thiophene rings is 1. The Morgan fingerprint density at radius 1 is 1.25 bits per heavy atom. The lowest BCUT2D eigenvalue weighted by Gasteiger charge is -2.15. The summed E-state index contributed by atoms with van der Waals surface area (Å²) >= 11 is 2.85. The number of sulfonamides is 1. The standard InChI is InChI=1S/C18H19N3O4S3/c1-11-16(27-18(19-11)12-7-8-26-10-12)17(22)20-14-9-13(5-6-15(14)25-4)28(23,24)21(2)3/h5-10H,1-4H3,(H,20,22). The molecule has 0 saturated carbocycles. The molecule has 3 aromatic rings. The molecule has 0 aliphatic heterocycles. The number of nitrogens with zero attached hydrogens (tertiary/aromatic N) is 2. The monoisotopic (exact) mass is 437 g/mol. The molecule has 0 saturated heterocycles. The fourth-order valence-electron chi connectivity index (χ4n) is 2.45. The van der Waals surface area contributed by atoms with E-state index < -0.39 is 10.0 Å². The quantitative estimate of drug-likeness (QED) is 0.635. The zero-order chi connectivity index (χ0) is 20.5. The summed E-state index contributed by atoms with van der Waals surface area (Å²) in [6.45, 7) is 1.77. The lowest BCUT2D eigenvalue weighted by atomic mass is 10.2. The molecule has 28 heavy (non-hydrogen) atoms. The molecule has 0 fully saturated rings. The van der Waals surface area contributed by atoms with Crippen molar-refractivity contribution in [1.82, 2.24) is 9.29 Å². The second kappa shape index (κ2) is 8.00. The predicted octanol–water partition coefficient (Wildman–Crippen LogP) is 3.69. The number of benzene rings is 1. The van der Waals surface area contributed by atoms with E-state index in [-0.39, 0.29) is 16.5 Å². The molecule has 0 radical (unpaired) electrons. The van der Waals surface area contributed by atoms with Gasteiger partial charge in [-0.05, 0) is 36.6 Å². The van der Waals surface area contributed by atoms with Gasteiger partial charge >= 0.3 is 0 Å². The maximum Gasteiger partial charge on any atom is 0.267 e. The number of ether oxygens (including phenoxy) is 1. The molecule has 2 heterocycles. The van der Waals surface area contributed by atoms with Crippen LogP contribution in [0, 0.1) is 6.92 Å². The van der Waals surface area contributed by atoms with Gasteiger partial charge in [0.05, 0.1) is 23.4 Å². The van der Waals surface area contributed by atoms with Gasteiger partial charge in [0, 0.05) is 25.0 Å². The van der Waals surface area contributed by atoms with Gasteiger partial charge in [-0.2, -0.15) is 11.3 Å². The zero-order valence-corrected chi connectivity index (χ0v) is 18.2. The molecule has 0 aliphatic carbocycles. The first kappa shape index (κ1) is 20.5. The third-order valence-electron chi connectivity index (χ3n) is 3.97. The van der Waals surface area contributed by atoms with Crippen LogP contribution in [0.2, 0.25) is 0 Å². The van der Waals surface area contributed by atoms with Crippen LogP contribution in [-0.2, 0) is 10.0 Å². The topological polar surface area (TPSA) is 88.6 Å². The van der Waals surface area contributed by atoms with E-state index in [2.05, 4.69) is 10.3 Å². The van der Waals surface area contributed by atoms with Gasteiger partial charge in [0.15, 0.2) is 0 Å². The number of nitrogens with one attached hydrogen (secondary N) is 1. The van der Waals surface area contributed by atoms with Gasteiger partial charge in [0.2, 0.25) is 10.0 Å². The van der Waals surface area contributed by atoms with Crippen LogP contribution >= 0.6 is 22.7 Å². The summed E-state index contributed by atoms with van der Waals surface area (Å²) in [5.74, 6) is 0.000429. The maximum atomic E-state index is 12.8. The minimum absolute atomic E-state index is 0.0635. The van der Waals surface area contributed by atoms with E-state index >= 15 is 0 Å². The first-order valence-electron chi connectivity index (χ1n) is 8.16. The lowest BCUT2D eigenvalue weighted by Crippen LogP contribution is -2.22. The average Bonchev–Trinajstić information content (AvgIpc) is 3.31. The summed E-state index contributed by atoms with van der Waals surface area (Å²) in [4.78, 5) is 17.8. The summed E-state index contributed by atoms with van der Waals surface area (Å²) in [6, 6.07) is 6.30. The zero-order valence-electron chi connectivity index (χ0n) is 15.7. The predicted molar refractivity (Wildman–Crippen MR) is 112 cm³/mol. The molecule has 0 atom stereocenters. The largest absolute Gasteiger partial charge is 0.495 e. The summed E-state index contributed by atoms with van der Waals surface area (Å²) in [7, 11) is 0.713. The minimum Gasteiger partial charge on any atom is -0.495 e. The van der Waals surface area contributed by atoms with E-state index in [1.54, 1.807) is 18.3 Å². The van der Waals surface area contributed by atoms with Gasteiger partial charge in [0.1, 0.15) is 15.6 Å². The molecule has 0 aliphatic rings. The Kier molecular flexibility index (Phi) is 5.84. The number of amides is 1. The number of rotatable bonds is 6. The number of hydrogen-bond acceptors (Lipinski definition) is 7. The highest BCUT2D eigenvalue weighted by atomic mass is 32.2. The summed E-state index contributed by atoms with van der Waals surface area (Å²) < 4.78 is 31.2. The van der Waals surface area contributed by atoms with Crippen LogP contribution in [0.15, 0.2) is 39.9 Å². The molecule has 0 bridgehead atoms. The molecule has 0 unspecified atom stereocenters. The smallest absolute Gasteiger partial charge is 0.267 e. The summed E-state index contributed by atoms with van der Waals surface area (Å²) in [6.07, 6.45) is 0. The molecule has 0 spiro atoms. The number of carbonyl (C=O) groups excluding carboxylic acids is 1. The van der Waals surface area contributed by atoms with E-state index in [0.717, 1.165) is 14.9 Å². The van der Waals surface area contributed by atoms with Gasteiger partial charge in [-0.3, -0.25) is 4.79 Å². The Bertz CT molecular complexity index is 1100. The van der Waals surface area contributed by atoms with Crippen LogP contribution in [0.5, 0.6) is 5.75 Å². The third-order valence-corrected chi connectivity index (χ3v) is 7.67. The molecular formula is C18H19N3O4S3. The number of aromatic nitrogens is 1. The van der Waals surface area contributed by atoms with Crippen molar-refractivity contribution in [1.29, 1.82) is 0 Å². The molecule has 3 rings (SSSR count). The number of hydrogen-bond donors (Lipinski definition) is 1. The van der Waals surface area contributed by atoms with Crippen molar-refractivity contribution in [2.45, 2.75) is 11.8 Å². The SMILES string of the molecule is COc1ccc(S(=O)(=O)N(C)C)cc1NC(=O)c1sc(-c2ccsc2)nc1C. The second-order valence-corrected chi connectivity index (χ2v) is 9.98. The van der Waals surface area contributed by atoms with Crippen LogP contribution < -0.4 is 10.1 Å². The number of anilines is 1. The maximum absolute atomic E-state index is 12.8. The van der Waals surface area contributed by atoms with E-state index in [4.69, 9.17) is 4.74 Å². The Balaban J connectivity index is 1.94. The average molecular weight is 438 g/mol. The molecule has 1 aromatic carbocycles. The van der Waals surface area contributed by atoms with Crippen molar-refractivity contribution in [2.75, 3.05) is 26.5 Å². The Labute approximate surface area is 171 Å². The van der Waals surface area contributed by atoms with Crippen molar-refractivity contribution < 1.29 is 17.9 Å². The first-order valence-corrected chi connectivity index (χ1v) is 11.4. The number of carbonyl (C=O) groups is 1. The Morgan fingerprint density at radius 2 is 2.00 bits per heavy atom. The van der Waals surface area contributed by atoms with Gasteiger partial charge < -0.3 is 10.1 Å². The van der Waals surface area contributed by atoms with Gasteiger partial charge in [-0.15, -0.1) is 11.3 Å². The number of methoxy groups -OCH3 is 1. The number of thiazole rings is 1. The van der Waals surface area contributed by atoms with E-state index in [1.807, 2.05) is 16.8 Å². The molecular weight excluding hydrogens is 418 g/mol. The van der Waals surface area contributed by atoms with Crippen LogP contribution in [0.25, 0.3) is 10.6 Å². The second-order valence-electron chi connectivity index (χ2n) is 6.05. The van der Waals surface area contributed by atoms with E-state index in [0.29, 0.717) is 16.3 Å². The summed E-state index contributed by atoms with van der Waals surface area (Å²) in [5, 5.41) is 7.44. The lowest BCUT2D eigenvalue weighted by molar-refractivity contribution is 0.102. The molecule has 1 amide bonds.